The van der Waals surface area contributed by atoms with Crippen LogP contribution < -0.4 is 5.32 Å². The van der Waals surface area contributed by atoms with Crippen molar-refractivity contribution in [1.82, 2.24) is 15.3 Å². The van der Waals surface area contributed by atoms with Crippen molar-refractivity contribution in [3.8, 4) is 0 Å². The summed E-state index contributed by atoms with van der Waals surface area (Å²) in [5.74, 6) is 0.438. The van der Waals surface area contributed by atoms with Crippen LogP contribution in [-0.2, 0) is 4.74 Å². The fourth-order valence-electron chi connectivity index (χ4n) is 1.88. The van der Waals surface area contributed by atoms with Gasteiger partial charge in [-0.15, -0.1) is 11.3 Å². The maximum atomic E-state index is 5.12. The minimum atomic E-state index is 0.00532. The molecular weight excluding hydrogens is 350 g/mol. The number of aromatic nitrogens is 2. The molecule has 114 valence electrons. The molecule has 2 rings (SSSR count). The first kappa shape index (κ1) is 16.5. The SMILES string of the molecule is COCCNC(c1ccc(Br)cn1)c1nc(C(C)C)cs1. The molecule has 0 amide bonds. The molecule has 1 unspecified atom stereocenters. The number of methoxy groups -OCH3 is 1. The molecule has 0 radical (unpaired) electrons. The summed E-state index contributed by atoms with van der Waals surface area (Å²) in [6.45, 7) is 5.74. The molecule has 0 aliphatic heterocycles. The van der Waals surface area contributed by atoms with Crippen molar-refractivity contribution >= 4 is 27.3 Å². The van der Waals surface area contributed by atoms with Gasteiger partial charge in [0.05, 0.1) is 18.0 Å². The number of pyridine rings is 1. The zero-order valence-corrected chi connectivity index (χ0v) is 14.9. The fraction of sp³-hybridized carbons (Fsp3) is 0.467. The van der Waals surface area contributed by atoms with E-state index in [0.717, 1.165) is 27.4 Å². The first-order chi connectivity index (χ1) is 10.1. The Balaban J connectivity index is 2.23. The Morgan fingerprint density at radius 3 is 2.71 bits per heavy atom. The van der Waals surface area contributed by atoms with Gasteiger partial charge in [-0.2, -0.15) is 0 Å². The van der Waals surface area contributed by atoms with E-state index in [4.69, 9.17) is 9.72 Å². The van der Waals surface area contributed by atoms with E-state index in [2.05, 4.69) is 45.5 Å². The van der Waals surface area contributed by atoms with Crippen LogP contribution in [0.15, 0.2) is 28.2 Å². The number of ether oxygens (including phenoxy) is 1. The lowest BCUT2D eigenvalue weighted by atomic mass is 10.1. The Kier molecular flexibility index (Phi) is 6.29. The monoisotopic (exact) mass is 369 g/mol. The summed E-state index contributed by atoms with van der Waals surface area (Å²) in [5.41, 5.74) is 2.10. The molecule has 2 aromatic rings. The minimum absolute atomic E-state index is 0.00532. The number of hydrogen-bond acceptors (Lipinski definition) is 5. The van der Waals surface area contributed by atoms with Crippen LogP contribution in [-0.4, -0.2) is 30.2 Å². The fourth-order valence-corrected chi connectivity index (χ4v) is 3.18. The largest absolute Gasteiger partial charge is 0.383 e. The van der Waals surface area contributed by atoms with Gasteiger partial charge >= 0.3 is 0 Å². The summed E-state index contributed by atoms with van der Waals surface area (Å²) in [6.07, 6.45) is 1.82. The Labute approximate surface area is 138 Å². The van der Waals surface area contributed by atoms with Gasteiger partial charge in [-0.3, -0.25) is 4.98 Å². The van der Waals surface area contributed by atoms with Gasteiger partial charge in [-0.05, 0) is 34.0 Å². The molecule has 0 bridgehead atoms. The van der Waals surface area contributed by atoms with Crippen molar-refractivity contribution in [1.29, 1.82) is 0 Å². The quantitative estimate of drug-likeness (QED) is 0.754. The highest BCUT2D eigenvalue weighted by molar-refractivity contribution is 9.10. The van der Waals surface area contributed by atoms with E-state index in [1.54, 1.807) is 18.4 Å². The average molecular weight is 370 g/mol. The number of halogens is 1. The molecule has 6 heteroatoms. The second kappa shape index (κ2) is 7.98. The van der Waals surface area contributed by atoms with Crippen LogP contribution >= 0.6 is 27.3 Å². The highest BCUT2D eigenvalue weighted by Crippen LogP contribution is 2.27. The molecule has 4 nitrogen and oxygen atoms in total. The summed E-state index contributed by atoms with van der Waals surface area (Å²) >= 11 is 5.10. The third-order valence-electron chi connectivity index (χ3n) is 3.08. The van der Waals surface area contributed by atoms with E-state index in [-0.39, 0.29) is 6.04 Å². The molecule has 0 saturated heterocycles. The number of rotatable bonds is 7. The molecule has 2 heterocycles. The highest BCUT2D eigenvalue weighted by Gasteiger charge is 2.19. The topological polar surface area (TPSA) is 47.0 Å². The van der Waals surface area contributed by atoms with Gasteiger partial charge < -0.3 is 10.1 Å². The predicted molar refractivity (Wildman–Crippen MR) is 89.9 cm³/mol. The Hall–Kier alpha value is -0.820. The summed E-state index contributed by atoms with van der Waals surface area (Å²) in [4.78, 5) is 9.26. The summed E-state index contributed by atoms with van der Waals surface area (Å²) in [6, 6.07) is 4.03. The van der Waals surface area contributed by atoms with E-state index in [0.29, 0.717) is 12.5 Å². The second-order valence-electron chi connectivity index (χ2n) is 5.05. The van der Waals surface area contributed by atoms with Crippen LogP contribution in [0, 0.1) is 0 Å². The third-order valence-corrected chi connectivity index (χ3v) is 4.48. The smallest absolute Gasteiger partial charge is 0.116 e. The number of hydrogen-bond donors (Lipinski definition) is 1. The Bertz CT molecular complexity index is 556. The minimum Gasteiger partial charge on any atom is -0.383 e. The van der Waals surface area contributed by atoms with Crippen molar-refractivity contribution in [2.24, 2.45) is 0 Å². The molecule has 0 aliphatic carbocycles. The molecule has 2 aromatic heterocycles. The van der Waals surface area contributed by atoms with Crippen LogP contribution in [0.1, 0.15) is 42.2 Å². The molecule has 0 fully saturated rings. The van der Waals surface area contributed by atoms with Crippen LogP contribution in [0.5, 0.6) is 0 Å². The Morgan fingerprint density at radius 1 is 1.33 bits per heavy atom. The van der Waals surface area contributed by atoms with Gasteiger partial charge in [0.25, 0.3) is 0 Å². The molecule has 1 N–H and O–H groups in total. The third kappa shape index (κ3) is 4.57. The van der Waals surface area contributed by atoms with E-state index >= 15 is 0 Å². The predicted octanol–water partition coefficient (Wildman–Crippen LogP) is 3.75. The van der Waals surface area contributed by atoms with Gasteiger partial charge in [-0.1, -0.05) is 13.8 Å². The second-order valence-corrected chi connectivity index (χ2v) is 6.85. The van der Waals surface area contributed by atoms with Crippen molar-refractivity contribution < 1.29 is 4.74 Å². The first-order valence-corrected chi connectivity index (χ1v) is 8.58. The summed E-state index contributed by atoms with van der Waals surface area (Å²) in [5, 5.41) is 6.64. The number of nitrogens with zero attached hydrogens (tertiary/aromatic N) is 2. The van der Waals surface area contributed by atoms with Crippen molar-refractivity contribution in [3.63, 3.8) is 0 Å². The van der Waals surface area contributed by atoms with Gasteiger partial charge in [0, 0.05) is 29.7 Å². The van der Waals surface area contributed by atoms with Crippen LogP contribution in [0.2, 0.25) is 0 Å². The zero-order chi connectivity index (χ0) is 15.2. The maximum Gasteiger partial charge on any atom is 0.116 e. The van der Waals surface area contributed by atoms with Gasteiger partial charge in [0.2, 0.25) is 0 Å². The van der Waals surface area contributed by atoms with E-state index < -0.39 is 0 Å². The van der Waals surface area contributed by atoms with Crippen molar-refractivity contribution in [2.75, 3.05) is 20.3 Å². The maximum absolute atomic E-state index is 5.12. The van der Waals surface area contributed by atoms with Gasteiger partial charge in [0.15, 0.2) is 0 Å². The molecule has 0 aromatic carbocycles. The van der Waals surface area contributed by atoms with Gasteiger partial charge in [-0.25, -0.2) is 4.98 Å². The molecular formula is C15H20BrN3OS. The standard InChI is InChI=1S/C15H20BrN3OS/c1-10(2)13-9-21-15(19-13)14(17-6-7-20-3)12-5-4-11(16)8-18-12/h4-5,8-10,14,17H,6-7H2,1-3H3. The van der Waals surface area contributed by atoms with Crippen molar-refractivity contribution in [3.05, 3.63) is 44.6 Å². The lowest BCUT2D eigenvalue weighted by Crippen LogP contribution is -2.26. The van der Waals surface area contributed by atoms with Crippen LogP contribution in [0.4, 0.5) is 0 Å². The van der Waals surface area contributed by atoms with Crippen LogP contribution in [0.25, 0.3) is 0 Å². The summed E-state index contributed by atoms with van der Waals surface area (Å²) < 4.78 is 6.09. The number of nitrogens with one attached hydrogen (secondary N) is 1. The summed E-state index contributed by atoms with van der Waals surface area (Å²) in [7, 11) is 1.70. The Morgan fingerprint density at radius 2 is 2.14 bits per heavy atom. The molecule has 0 aliphatic rings. The molecule has 1 atom stereocenters. The molecule has 0 spiro atoms. The lowest BCUT2D eigenvalue weighted by Gasteiger charge is -2.16. The first-order valence-electron chi connectivity index (χ1n) is 6.91. The molecule has 0 saturated carbocycles. The van der Waals surface area contributed by atoms with Crippen molar-refractivity contribution in [2.45, 2.75) is 25.8 Å². The highest BCUT2D eigenvalue weighted by atomic mass is 79.9. The van der Waals surface area contributed by atoms with Crippen LogP contribution in [0.3, 0.4) is 0 Å². The van der Waals surface area contributed by atoms with Gasteiger partial charge in [0.1, 0.15) is 11.0 Å². The zero-order valence-electron chi connectivity index (χ0n) is 12.5. The van der Waals surface area contributed by atoms with E-state index in [1.165, 1.54) is 0 Å². The van der Waals surface area contributed by atoms with E-state index in [9.17, 15) is 0 Å². The number of thiazole rings is 1. The normalized spacial score (nSPS) is 12.8. The molecule has 21 heavy (non-hydrogen) atoms. The average Bonchev–Trinajstić information content (AvgIpc) is 2.95. The lowest BCUT2D eigenvalue weighted by molar-refractivity contribution is 0.197. The van der Waals surface area contributed by atoms with E-state index in [1.807, 2.05) is 18.3 Å².